The second kappa shape index (κ2) is 15.3. The van der Waals surface area contributed by atoms with Gasteiger partial charge in [0, 0.05) is 22.7 Å². The summed E-state index contributed by atoms with van der Waals surface area (Å²) in [6.45, 7) is 0. The van der Waals surface area contributed by atoms with Crippen LogP contribution in [0.3, 0.4) is 0 Å². The van der Waals surface area contributed by atoms with Gasteiger partial charge in [-0.15, -0.1) is 0 Å². The molecule has 4 heteroatoms. The van der Waals surface area contributed by atoms with E-state index in [1.54, 1.807) is 0 Å². The van der Waals surface area contributed by atoms with Crippen LogP contribution in [-0.4, -0.2) is 0 Å². The fourth-order valence-corrected chi connectivity index (χ4v) is 12.4. The quantitative estimate of drug-likeness (QED) is 0.174. The molecule has 11 aromatic rings. The molecule has 0 saturated carbocycles. The van der Waals surface area contributed by atoms with Crippen molar-refractivity contribution in [3.63, 3.8) is 0 Å². The lowest BCUT2D eigenvalue weighted by Gasteiger charge is -2.42. The minimum absolute atomic E-state index is 0.716. The number of rotatable bonds is 4. The van der Waals surface area contributed by atoms with Crippen molar-refractivity contribution < 1.29 is 0 Å². The van der Waals surface area contributed by atoms with Gasteiger partial charge in [0.15, 0.2) is 0 Å². The summed E-state index contributed by atoms with van der Waals surface area (Å²) >= 11 is 0. The van der Waals surface area contributed by atoms with Gasteiger partial charge in [-0.05, 0) is 152 Å². The first kappa shape index (κ1) is 39.6. The molecule has 1 spiro atoms. The molecule has 0 amide bonds. The van der Waals surface area contributed by atoms with Crippen LogP contribution in [0, 0.1) is 0 Å². The van der Waals surface area contributed by atoms with E-state index in [0.717, 1.165) is 68.2 Å². The van der Waals surface area contributed by atoms with Gasteiger partial charge in [0.25, 0.3) is 0 Å². The van der Waals surface area contributed by atoms with Crippen molar-refractivity contribution in [3.05, 3.63) is 288 Å². The lowest BCUT2D eigenvalue weighted by Crippen LogP contribution is -2.31. The molecule has 332 valence electrons. The summed E-state index contributed by atoms with van der Waals surface area (Å²) in [5, 5.41) is 2.50. The number of para-hydroxylation sites is 10. The Morgan fingerprint density at radius 1 is 0.254 bits per heavy atom. The van der Waals surface area contributed by atoms with Gasteiger partial charge >= 0.3 is 0 Å². The number of fused-ring (bicyclic) bond motifs is 15. The molecule has 71 heavy (non-hydrogen) atoms. The van der Waals surface area contributed by atoms with Crippen LogP contribution >= 0.6 is 0 Å². The Balaban J connectivity index is 1.01. The molecule has 0 saturated heterocycles. The number of anilines is 12. The lowest BCUT2D eigenvalue weighted by atomic mass is 9.65. The Hall–Kier alpha value is -9.38. The molecule has 11 aromatic carbocycles. The first-order valence-corrected chi connectivity index (χ1v) is 24.5. The van der Waals surface area contributed by atoms with Crippen molar-refractivity contribution in [2.24, 2.45) is 0 Å². The van der Waals surface area contributed by atoms with E-state index in [9.17, 15) is 0 Å². The molecule has 0 N–H and O–H groups in total. The highest BCUT2D eigenvalue weighted by atomic mass is 15.3. The number of hydrogen-bond donors (Lipinski definition) is 0. The largest absolute Gasteiger partial charge is 0.306 e. The van der Waals surface area contributed by atoms with Crippen LogP contribution in [-0.2, 0) is 5.41 Å². The Morgan fingerprint density at radius 3 is 1.10 bits per heavy atom. The van der Waals surface area contributed by atoms with Crippen LogP contribution in [0.5, 0.6) is 0 Å². The zero-order valence-corrected chi connectivity index (χ0v) is 38.7. The summed E-state index contributed by atoms with van der Waals surface area (Å²) in [6.07, 6.45) is 4.71. The zero-order valence-electron chi connectivity index (χ0n) is 38.7. The van der Waals surface area contributed by atoms with Crippen LogP contribution in [0.2, 0.25) is 0 Å². The van der Waals surface area contributed by atoms with Gasteiger partial charge in [0.05, 0.1) is 50.9 Å². The Bertz CT molecular complexity index is 3700. The molecule has 0 unspecified atom stereocenters. The van der Waals surface area contributed by atoms with Gasteiger partial charge in [0.2, 0.25) is 0 Å². The summed E-state index contributed by atoms with van der Waals surface area (Å²) in [4.78, 5) is 9.76. The first-order valence-electron chi connectivity index (χ1n) is 24.5. The predicted octanol–water partition coefficient (Wildman–Crippen LogP) is 18.2. The molecular weight excluding hydrogens is 861 g/mol. The maximum Gasteiger partial charge on any atom is 0.0726 e. The van der Waals surface area contributed by atoms with E-state index < -0.39 is 5.41 Å². The number of hydrogen-bond acceptors (Lipinski definition) is 4. The zero-order chi connectivity index (χ0) is 46.6. The van der Waals surface area contributed by atoms with Gasteiger partial charge in [-0.3, -0.25) is 0 Å². The monoisotopic (exact) mass is 904 g/mol. The Kier molecular flexibility index (Phi) is 8.54. The highest BCUT2D eigenvalue weighted by Crippen LogP contribution is 2.63. The molecule has 0 aromatic heterocycles. The van der Waals surface area contributed by atoms with E-state index >= 15 is 0 Å². The van der Waals surface area contributed by atoms with Crippen molar-refractivity contribution in [3.8, 4) is 11.1 Å². The summed E-state index contributed by atoms with van der Waals surface area (Å²) < 4.78 is 0. The highest BCUT2D eigenvalue weighted by molar-refractivity contribution is 6.07. The van der Waals surface area contributed by atoms with E-state index in [2.05, 4.69) is 287 Å². The molecule has 0 fully saturated rings. The molecule has 0 radical (unpaired) electrons. The fourth-order valence-electron chi connectivity index (χ4n) is 12.4. The van der Waals surface area contributed by atoms with E-state index in [4.69, 9.17) is 0 Å². The molecule has 15 rings (SSSR count). The van der Waals surface area contributed by atoms with Crippen molar-refractivity contribution in [1.29, 1.82) is 0 Å². The van der Waals surface area contributed by atoms with E-state index in [1.807, 2.05) is 0 Å². The summed E-state index contributed by atoms with van der Waals surface area (Å²) in [7, 11) is 0. The number of nitrogens with zero attached hydrogens (tertiary/aromatic N) is 4. The van der Waals surface area contributed by atoms with Crippen molar-refractivity contribution in [2.45, 2.75) is 5.41 Å². The molecule has 2 heterocycles. The van der Waals surface area contributed by atoms with Crippen molar-refractivity contribution in [2.75, 3.05) is 19.6 Å². The van der Waals surface area contributed by atoms with Crippen LogP contribution in [0.15, 0.2) is 255 Å². The SMILES string of the molecule is C1=Cc2ccc(N3c4ccccc4N(c4ccccc4)c4ccccc43)cc2C2(c3cc(N4c5ccccc5N(c5ccccc5)c5ccccc54)ccc31)c1ccccc1-c1c2ccc2ccccc12. The second-order valence-electron chi connectivity index (χ2n) is 18.8. The third kappa shape index (κ3) is 5.61. The normalized spacial score (nSPS) is 14.1. The van der Waals surface area contributed by atoms with Crippen LogP contribution < -0.4 is 19.6 Å². The van der Waals surface area contributed by atoms with Crippen molar-refractivity contribution in [1.82, 2.24) is 0 Å². The van der Waals surface area contributed by atoms with Gasteiger partial charge in [0.1, 0.15) is 0 Å². The fraction of sp³-hybridized carbons (Fsp3) is 0.0149. The van der Waals surface area contributed by atoms with Crippen LogP contribution in [0.4, 0.5) is 68.2 Å². The minimum Gasteiger partial charge on any atom is -0.306 e. The van der Waals surface area contributed by atoms with E-state index in [1.165, 1.54) is 55.3 Å². The second-order valence-corrected chi connectivity index (χ2v) is 18.8. The first-order chi connectivity index (χ1) is 35.3. The standard InChI is InChI=1S/C67H44N4/c1-3-20-48(21-4-1)68-58-27-11-15-31-62(58)70(63-32-16-12-28-59(63)68)50-40-37-46-35-36-47-38-41-51(71-64-33-17-13-29-60(64)69(49-22-5-2-6-23-49)61-30-14-18-34-65(61)71)44-57(47)67(56(46)43-50)54-26-10-9-25-53(54)66-52-24-8-7-19-45(52)39-42-55(66)67/h1-44H. The molecule has 4 aliphatic rings. The molecule has 0 atom stereocenters. The Labute approximate surface area is 413 Å². The average Bonchev–Trinajstić information content (AvgIpc) is 3.67. The minimum atomic E-state index is -0.716. The molecular formula is C67H44N4. The van der Waals surface area contributed by atoms with Crippen LogP contribution in [0.25, 0.3) is 34.1 Å². The Morgan fingerprint density at radius 2 is 0.634 bits per heavy atom. The van der Waals surface area contributed by atoms with Crippen molar-refractivity contribution >= 4 is 91.2 Å². The van der Waals surface area contributed by atoms with Gasteiger partial charge in [-0.1, -0.05) is 170 Å². The molecule has 2 aliphatic heterocycles. The molecule has 4 nitrogen and oxygen atoms in total. The summed E-state index contributed by atoms with van der Waals surface area (Å²) in [6, 6.07) is 94.1. The lowest BCUT2D eigenvalue weighted by molar-refractivity contribution is 0.766. The third-order valence-electron chi connectivity index (χ3n) is 15.3. The predicted molar refractivity (Wildman–Crippen MR) is 296 cm³/mol. The molecule has 0 bridgehead atoms. The average molecular weight is 905 g/mol. The van der Waals surface area contributed by atoms with E-state index in [0.29, 0.717) is 0 Å². The maximum atomic E-state index is 2.51. The van der Waals surface area contributed by atoms with Gasteiger partial charge in [-0.2, -0.15) is 0 Å². The third-order valence-corrected chi connectivity index (χ3v) is 15.3. The smallest absolute Gasteiger partial charge is 0.0726 e. The van der Waals surface area contributed by atoms with Gasteiger partial charge in [-0.25, -0.2) is 0 Å². The maximum absolute atomic E-state index is 2.51. The summed E-state index contributed by atoms with van der Waals surface area (Å²) in [5.41, 5.74) is 22.8. The van der Waals surface area contributed by atoms with Gasteiger partial charge < -0.3 is 19.6 Å². The highest BCUT2D eigenvalue weighted by Gasteiger charge is 2.50. The topological polar surface area (TPSA) is 13.0 Å². The van der Waals surface area contributed by atoms with Crippen LogP contribution in [0.1, 0.15) is 33.4 Å². The van der Waals surface area contributed by atoms with E-state index in [-0.39, 0.29) is 0 Å². The summed E-state index contributed by atoms with van der Waals surface area (Å²) in [5.74, 6) is 0. The molecule has 2 aliphatic carbocycles. The number of benzene rings is 11.